The summed E-state index contributed by atoms with van der Waals surface area (Å²) in [5.41, 5.74) is 0. The zero-order valence-corrected chi connectivity index (χ0v) is 6.62. The molecule has 1 atom stereocenters. The SMILES string of the molecule is CC(C)C1C=NC=NCC1. The summed E-state index contributed by atoms with van der Waals surface area (Å²) in [5, 5.41) is 0. The van der Waals surface area contributed by atoms with E-state index in [1.54, 1.807) is 6.34 Å². The molecule has 0 saturated carbocycles. The molecule has 2 nitrogen and oxygen atoms in total. The van der Waals surface area contributed by atoms with Crippen LogP contribution in [0.25, 0.3) is 0 Å². The first kappa shape index (κ1) is 7.45. The molecule has 2 heteroatoms. The van der Waals surface area contributed by atoms with Gasteiger partial charge in [0.05, 0.1) is 0 Å². The molecule has 0 aliphatic carbocycles. The van der Waals surface area contributed by atoms with Crippen molar-refractivity contribution in [3.63, 3.8) is 0 Å². The normalized spacial score (nSPS) is 25.3. The first-order valence-corrected chi connectivity index (χ1v) is 3.82. The molecule has 0 saturated heterocycles. The Bertz CT molecular complexity index is 147. The lowest BCUT2D eigenvalue weighted by Crippen LogP contribution is -2.10. The van der Waals surface area contributed by atoms with Crippen molar-refractivity contribution in [3.05, 3.63) is 0 Å². The molecule has 10 heavy (non-hydrogen) atoms. The summed E-state index contributed by atoms with van der Waals surface area (Å²) in [6, 6.07) is 0. The molecule has 1 aliphatic rings. The third-order valence-corrected chi connectivity index (χ3v) is 1.87. The lowest BCUT2D eigenvalue weighted by atomic mass is 9.94. The van der Waals surface area contributed by atoms with Crippen LogP contribution in [0.4, 0.5) is 0 Å². The van der Waals surface area contributed by atoms with Crippen molar-refractivity contribution in [1.82, 2.24) is 0 Å². The fourth-order valence-electron chi connectivity index (χ4n) is 1.06. The van der Waals surface area contributed by atoms with E-state index in [1.807, 2.05) is 6.21 Å². The van der Waals surface area contributed by atoms with Gasteiger partial charge in [-0.3, -0.25) is 4.99 Å². The minimum atomic E-state index is 0.627. The molecule has 0 aromatic carbocycles. The van der Waals surface area contributed by atoms with Crippen molar-refractivity contribution in [3.8, 4) is 0 Å². The van der Waals surface area contributed by atoms with Crippen molar-refractivity contribution in [1.29, 1.82) is 0 Å². The largest absolute Gasteiger partial charge is 0.274 e. The highest BCUT2D eigenvalue weighted by Crippen LogP contribution is 2.13. The van der Waals surface area contributed by atoms with Crippen LogP contribution in [0.3, 0.4) is 0 Å². The molecule has 1 unspecified atom stereocenters. The highest BCUT2D eigenvalue weighted by Gasteiger charge is 2.10. The minimum absolute atomic E-state index is 0.627. The maximum absolute atomic E-state index is 4.08. The Morgan fingerprint density at radius 2 is 2.30 bits per heavy atom. The molecule has 0 bridgehead atoms. The van der Waals surface area contributed by atoms with Gasteiger partial charge >= 0.3 is 0 Å². The first-order chi connectivity index (χ1) is 4.80. The average Bonchev–Trinajstić information content (AvgIpc) is 2.12. The Labute approximate surface area is 62.1 Å². The topological polar surface area (TPSA) is 24.7 Å². The van der Waals surface area contributed by atoms with E-state index in [0.29, 0.717) is 11.8 Å². The van der Waals surface area contributed by atoms with E-state index in [1.165, 1.54) is 0 Å². The molecule has 1 aliphatic heterocycles. The Kier molecular flexibility index (Phi) is 2.60. The summed E-state index contributed by atoms with van der Waals surface area (Å²) in [6.45, 7) is 5.38. The van der Waals surface area contributed by atoms with Gasteiger partial charge in [-0.05, 0) is 18.3 Å². The summed E-state index contributed by atoms with van der Waals surface area (Å²) in [7, 11) is 0. The number of hydrogen-bond donors (Lipinski definition) is 0. The van der Waals surface area contributed by atoms with Gasteiger partial charge in [-0.15, -0.1) is 0 Å². The predicted octanol–water partition coefficient (Wildman–Crippen LogP) is 1.76. The van der Waals surface area contributed by atoms with Gasteiger partial charge in [0.2, 0.25) is 0 Å². The number of aliphatic imine (C=N–C) groups is 2. The van der Waals surface area contributed by atoms with Crippen LogP contribution >= 0.6 is 0 Å². The average molecular weight is 138 g/mol. The molecule has 0 N–H and O–H groups in total. The summed E-state index contributed by atoms with van der Waals surface area (Å²) in [5.74, 6) is 1.33. The Balaban J connectivity index is 2.48. The monoisotopic (exact) mass is 138 g/mol. The van der Waals surface area contributed by atoms with Gasteiger partial charge in [0.15, 0.2) is 0 Å². The lowest BCUT2D eigenvalue weighted by Gasteiger charge is -2.12. The van der Waals surface area contributed by atoms with Crippen LogP contribution in [0.5, 0.6) is 0 Å². The molecule has 0 radical (unpaired) electrons. The minimum Gasteiger partial charge on any atom is -0.274 e. The van der Waals surface area contributed by atoms with Gasteiger partial charge in [-0.25, -0.2) is 4.99 Å². The van der Waals surface area contributed by atoms with E-state index in [-0.39, 0.29) is 0 Å². The molecule has 0 amide bonds. The van der Waals surface area contributed by atoms with Gasteiger partial charge in [-0.1, -0.05) is 13.8 Å². The fourth-order valence-corrected chi connectivity index (χ4v) is 1.06. The molecular formula is C8H14N2. The van der Waals surface area contributed by atoms with Crippen LogP contribution < -0.4 is 0 Å². The summed E-state index contributed by atoms with van der Waals surface area (Å²) >= 11 is 0. The third kappa shape index (κ3) is 1.94. The predicted molar refractivity (Wildman–Crippen MR) is 44.8 cm³/mol. The molecule has 1 rings (SSSR count). The van der Waals surface area contributed by atoms with Gasteiger partial charge in [0.25, 0.3) is 0 Å². The molecule has 56 valence electrons. The van der Waals surface area contributed by atoms with Crippen LogP contribution in [-0.2, 0) is 0 Å². The van der Waals surface area contributed by atoms with E-state index >= 15 is 0 Å². The highest BCUT2D eigenvalue weighted by atomic mass is 14.9. The van der Waals surface area contributed by atoms with E-state index in [0.717, 1.165) is 13.0 Å². The first-order valence-electron chi connectivity index (χ1n) is 3.82. The Morgan fingerprint density at radius 3 is 3.00 bits per heavy atom. The van der Waals surface area contributed by atoms with Crippen LogP contribution in [0.2, 0.25) is 0 Å². The smallest absolute Gasteiger partial charge is 0.109 e. The molecule has 1 heterocycles. The van der Waals surface area contributed by atoms with Crippen LogP contribution in [0, 0.1) is 11.8 Å². The molecule has 0 aromatic rings. The quantitative estimate of drug-likeness (QED) is 0.527. The Hall–Kier alpha value is -0.660. The third-order valence-electron chi connectivity index (χ3n) is 1.87. The highest BCUT2D eigenvalue weighted by molar-refractivity contribution is 5.74. The zero-order chi connectivity index (χ0) is 7.40. The van der Waals surface area contributed by atoms with E-state index in [4.69, 9.17) is 0 Å². The van der Waals surface area contributed by atoms with Crippen molar-refractivity contribution in [2.75, 3.05) is 6.54 Å². The molecule has 0 spiro atoms. The second kappa shape index (κ2) is 3.49. The van der Waals surface area contributed by atoms with Gasteiger partial charge in [0, 0.05) is 12.8 Å². The number of rotatable bonds is 1. The Morgan fingerprint density at radius 1 is 1.50 bits per heavy atom. The second-order valence-corrected chi connectivity index (χ2v) is 3.02. The fraction of sp³-hybridized carbons (Fsp3) is 0.750. The van der Waals surface area contributed by atoms with Gasteiger partial charge in [-0.2, -0.15) is 0 Å². The van der Waals surface area contributed by atoms with Gasteiger partial charge < -0.3 is 0 Å². The van der Waals surface area contributed by atoms with Crippen molar-refractivity contribution < 1.29 is 0 Å². The zero-order valence-electron chi connectivity index (χ0n) is 6.62. The number of hydrogen-bond acceptors (Lipinski definition) is 2. The number of nitrogens with zero attached hydrogens (tertiary/aromatic N) is 2. The second-order valence-electron chi connectivity index (χ2n) is 3.02. The van der Waals surface area contributed by atoms with Crippen LogP contribution in [-0.4, -0.2) is 19.1 Å². The standard InChI is InChI=1S/C8H14N2/c1-7(2)8-3-4-9-6-10-5-8/h5-8H,3-4H2,1-2H3. The molecule has 0 aromatic heterocycles. The van der Waals surface area contributed by atoms with E-state index < -0.39 is 0 Å². The molecular weight excluding hydrogens is 124 g/mol. The van der Waals surface area contributed by atoms with Crippen molar-refractivity contribution in [2.45, 2.75) is 20.3 Å². The molecule has 0 fully saturated rings. The maximum Gasteiger partial charge on any atom is 0.109 e. The summed E-state index contributed by atoms with van der Waals surface area (Å²) in [4.78, 5) is 8.14. The van der Waals surface area contributed by atoms with Crippen LogP contribution in [0.1, 0.15) is 20.3 Å². The summed E-state index contributed by atoms with van der Waals surface area (Å²) in [6.07, 6.45) is 4.82. The van der Waals surface area contributed by atoms with E-state index in [9.17, 15) is 0 Å². The summed E-state index contributed by atoms with van der Waals surface area (Å²) < 4.78 is 0. The lowest BCUT2D eigenvalue weighted by molar-refractivity contribution is 0.479. The maximum atomic E-state index is 4.08. The van der Waals surface area contributed by atoms with Crippen molar-refractivity contribution in [2.24, 2.45) is 21.8 Å². The van der Waals surface area contributed by atoms with Crippen LogP contribution in [0.15, 0.2) is 9.98 Å². The van der Waals surface area contributed by atoms with Gasteiger partial charge in [0.1, 0.15) is 6.34 Å². The van der Waals surface area contributed by atoms with Crippen molar-refractivity contribution >= 4 is 12.6 Å². The van der Waals surface area contributed by atoms with E-state index in [2.05, 4.69) is 23.8 Å².